The van der Waals surface area contributed by atoms with Crippen molar-refractivity contribution >= 4 is 38.1 Å². The molecule has 0 N–H and O–H groups in total. The predicted molar refractivity (Wildman–Crippen MR) is 127 cm³/mol. The molecular weight excluding hydrogens is 420 g/mol. The first-order chi connectivity index (χ1) is 15.7. The number of hydrogen-bond acceptors (Lipinski definition) is 5. The van der Waals surface area contributed by atoms with Crippen LogP contribution in [0.3, 0.4) is 0 Å². The highest BCUT2D eigenvalue weighted by molar-refractivity contribution is 7.19. The van der Waals surface area contributed by atoms with Crippen LogP contribution in [0.15, 0.2) is 94.5 Å². The molecule has 3 aromatic heterocycles. The molecule has 6 nitrogen and oxygen atoms in total. The van der Waals surface area contributed by atoms with E-state index in [-0.39, 0.29) is 11.0 Å². The molecule has 0 aliphatic carbocycles. The van der Waals surface area contributed by atoms with Crippen LogP contribution in [0.4, 0.5) is 0 Å². The molecule has 0 aliphatic rings. The van der Waals surface area contributed by atoms with E-state index in [1.165, 1.54) is 11.3 Å². The van der Waals surface area contributed by atoms with Gasteiger partial charge >= 0.3 is 0 Å². The highest BCUT2D eigenvalue weighted by Crippen LogP contribution is 2.25. The molecule has 0 amide bonds. The van der Waals surface area contributed by atoms with Gasteiger partial charge in [0.25, 0.3) is 5.56 Å². The molecule has 154 valence electrons. The number of rotatable bonds is 3. The van der Waals surface area contributed by atoms with Gasteiger partial charge in [-0.15, -0.1) is 10.2 Å². The van der Waals surface area contributed by atoms with E-state index < -0.39 is 0 Å². The molecule has 3 heterocycles. The Hall–Kier alpha value is -4.10. The van der Waals surface area contributed by atoms with Gasteiger partial charge in [0.15, 0.2) is 11.3 Å². The van der Waals surface area contributed by atoms with E-state index in [1.807, 2.05) is 83.4 Å². The molecule has 0 aliphatic heterocycles. The Kier molecular flexibility index (Phi) is 4.22. The Labute approximate surface area is 185 Å². The van der Waals surface area contributed by atoms with Crippen molar-refractivity contribution in [3.05, 3.63) is 111 Å². The fourth-order valence-corrected chi connectivity index (χ4v) is 5.11. The number of nitrogens with zero attached hydrogens (tertiary/aromatic N) is 4. The van der Waals surface area contributed by atoms with Gasteiger partial charge in [0, 0.05) is 21.7 Å². The molecule has 0 saturated carbocycles. The number of aromatic nitrogens is 4. The Morgan fingerprint density at radius 2 is 1.38 bits per heavy atom. The van der Waals surface area contributed by atoms with Crippen LogP contribution in [0.1, 0.15) is 5.82 Å². The molecule has 0 atom stereocenters. The molecule has 0 unspecified atom stereocenters. The average molecular weight is 436 g/mol. The van der Waals surface area contributed by atoms with Gasteiger partial charge in [-0.3, -0.25) is 9.59 Å². The van der Waals surface area contributed by atoms with Gasteiger partial charge < -0.3 is 4.57 Å². The summed E-state index contributed by atoms with van der Waals surface area (Å²) in [5, 5.41) is 9.91. The second-order valence-electron chi connectivity index (χ2n) is 7.50. The first-order valence-electron chi connectivity index (χ1n) is 10.1. The third-order valence-electron chi connectivity index (χ3n) is 5.61. The van der Waals surface area contributed by atoms with Crippen molar-refractivity contribution in [2.75, 3.05) is 0 Å². The minimum atomic E-state index is -0.174. The van der Waals surface area contributed by atoms with Crippen LogP contribution in [0, 0.1) is 0 Å². The Morgan fingerprint density at radius 3 is 2.06 bits per heavy atom. The number of pyridine rings is 1. The molecule has 0 saturated heterocycles. The van der Waals surface area contributed by atoms with E-state index >= 15 is 0 Å². The zero-order valence-corrected chi connectivity index (χ0v) is 17.6. The van der Waals surface area contributed by atoms with Gasteiger partial charge in [0.05, 0.1) is 17.6 Å². The second kappa shape index (κ2) is 7.25. The van der Waals surface area contributed by atoms with Crippen LogP contribution in [-0.2, 0) is 6.54 Å². The summed E-state index contributed by atoms with van der Waals surface area (Å²) in [5.41, 5.74) is 2.39. The van der Waals surface area contributed by atoms with Crippen molar-refractivity contribution < 1.29 is 0 Å². The molecule has 0 spiro atoms. The van der Waals surface area contributed by atoms with Gasteiger partial charge in [-0.05, 0) is 29.8 Å². The van der Waals surface area contributed by atoms with E-state index in [0.29, 0.717) is 28.1 Å². The lowest BCUT2D eigenvalue weighted by Gasteiger charge is -2.14. The topological polar surface area (TPSA) is 69.3 Å². The highest BCUT2D eigenvalue weighted by Gasteiger charge is 2.16. The minimum Gasteiger partial charge on any atom is -0.332 e. The Balaban J connectivity index is 1.57. The van der Waals surface area contributed by atoms with E-state index in [1.54, 1.807) is 10.5 Å². The van der Waals surface area contributed by atoms with Crippen molar-refractivity contribution in [2.24, 2.45) is 0 Å². The molecule has 7 heteroatoms. The van der Waals surface area contributed by atoms with Gasteiger partial charge in [0.2, 0.25) is 4.96 Å². The van der Waals surface area contributed by atoms with Crippen molar-refractivity contribution in [3.8, 4) is 10.4 Å². The predicted octanol–water partition coefficient (Wildman–Crippen LogP) is 4.33. The monoisotopic (exact) mass is 436 g/mol. The molecule has 0 bridgehead atoms. The fraction of sp³-hybridized carbons (Fsp3) is 0.0400. The van der Waals surface area contributed by atoms with E-state index in [2.05, 4.69) is 10.2 Å². The van der Waals surface area contributed by atoms with E-state index in [9.17, 15) is 9.59 Å². The number of fused-ring (bicyclic) bond motifs is 3. The van der Waals surface area contributed by atoms with Crippen molar-refractivity contribution in [2.45, 2.75) is 6.54 Å². The van der Waals surface area contributed by atoms with Crippen LogP contribution < -0.4 is 11.0 Å². The molecule has 32 heavy (non-hydrogen) atoms. The van der Waals surface area contributed by atoms with Crippen molar-refractivity contribution in [1.29, 1.82) is 0 Å². The zero-order chi connectivity index (χ0) is 21.7. The SMILES string of the molecule is O=c1c2ccccc2n(Cc2nnc3sc(-c4ccccc4)cc(=O)n23)c2ccccc12. The molecule has 0 radical (unpaired) electrons. The maximum absolute atomic E-state index is 13.1. The van der Waals surface area contributed by atoms with Gasteiger partial charge in [0.1, 0.15) is 0 Å². The molecule has 0 fully saturated rings. The average Bonchev–Trinajstić information content (AvgIpc) is 3.25. The van der Waals surface area contributed by atoms with Crippen molar-refractivity contribution in [3.63, 3.8) is 0 Å². The number of hydrogen-bond donors (Lipinski definition) is 0. The lowest BCUT2D eigenvalue weighted by molar-refractivity contribution is 0.770. The summed E-state index contributed by atoms with van der Waals surface area (Å²) in [6, 6.07) is 26.4. The summed E-state index contributed by atoms with van der Waals surface area (Å²) in [5.74, 6) is 0.528. The van der Waals surface area contributed by atoms with Crippen molar-refractivity contribution in [1.82, 2.24) is 19.2 Å². The fourth-order valence-electron chi connectivity index (χ4n) is 4.13. The smallest absolute Gasteiger partial charge is 0.259 e. The maximum atomic E-state index is 13.1. The molecule has 3 aromatic carbocycles. The standard InChI is InChI=1S/C25H16N4O2S/c30-23-14-21(16-8-2-1-3-9-16)32-25-27-26-22(29(23)25)15-28-19-12-6-4-10-17(19)24(31)18-11-5-7-13-20(18)28/h1-14H,15H2. The molecular formula is C25H16N4O2S. The van der Waals surface area contributed by atoms with E-state index in [0.717, 1.165) is 21.5 Å². The quantitative estimate of drug-likeness (QED) is 0.387. The largest absolute Gasteiger partial charge is 0.332 e. The normalized spacial score (nSPS) is 11.5. The highest BCUT2D eigenvalue weighted by atomic mass is 32.1. The Bertz CT molecular complexity index is 1690. The summed E-state index contributed by atoms with van der Waals surface area (Å²) in [4.78, 5) is 27.4. The van der Waals surface area contributed by atoms with Crippen LogP contribution in [0.2, 0.25) is 0 Å². The van der Waals surface area contributed by atoms with Crippen LogP contribution in [0.25, 0.3) is 37.2 Å². The molecule has 6 aromatic rings. The van der Waals surface area contributed by atoms with Gasteiger partial charge in [-0.2, -0.15) is 0 Å². The third-order valence-corrected chi connectivity index (χ3v) is 6.63. The minimum absolute atomic E-state index is 0.00205. The summed E-state index contributed by atoms with van der Waals surface area (Å²) in [6.07, 6.45) is 0. The summed E-state index contributed by atoms with van der Waals surface area (Å²) < 4.78 is 3.58. The Morgan fingerprint density at radius 1 is 0.750 bits per heavy atom. The van der Waals surface area contributed by atoms with Gasteiger partial charge in [-0.1, -0.05) is 65.9 Å². The van der Waals surface area contributed by atoms with Crippen LogP contribution >= 0.6 is 11.3 Å². The maximum Gasteiger partial charge on any atom is 0.259 e. The van der Waals surface area contributed by atoms with Gasteiger partial charge in [-0.25, -0.2) is 4.40 Å². The first-order valence-corrected chi connectivity index (χ1v) is 11.0. The van der Waals surface area contributed by atoms with E-state index in [4.69, 9.17) is 0 Å². The van der Waals surface area contributed by atoms with Crippen LogP contribution in [-0.4, -0.2) is 19.2 Å². The van der Waals surface area contributed by atoms with Crippen LogP contribution in [0.5, 0.6) is 0 Å². The number of para-hydroxylation sites is 2. The lowest BCUT2D eigenvalue weighted by atomic mass is 10.1. The lowest BCUT2D eigenvalue weighted by Crippen LogP contribution is -2.18. The number of benzene rings is 3. The summed E-state index contributed by atoms with van der Waals surface area (Å²) in [6.45, 7) is 0.315. The first kappa shape index (κ1) is 18.7. The summed E-state index contributed by atoms with van der Waals surface area (Å²) in [7, 11) is 0. The second-order valence-corrected chi connectivity index (χ2v) is 8.51. The molecule has 6 rings (SSSR count). The summed E-state index contributed by atoms with van der Waals surface area (Å²) >= 11 is 1.43. The zero-order valence-electron chi connectivity index (χ0n) is 16.8. The third kappa shape index (κ3) is 2.86.